The Balaban J connectivity index is 3.28. The van der Waals surface area contributed by atoms with Gasteiger partial charge in [-0.15, -0.1) is 0 Å². The van der Waals surface area contributed by atoms with Crippen LogP contribution < -0.4 is 10.6 Å². The van der Waals surface area contributed by atoms with Crippen LogP contribution in [0.25, 0.3) is 0 Å². The van der Waals surface area contributed by atoms with E-state index >= 15 is 0 Å². The smallest absolute Gasteiger partial charge is 0.314 e. The van der Waals surface area contributed by atoms with Gasteiger partial charge in [0.25, 0.3) is 0 Å². The second-order valence-corrected chi connectivity index (χ2v) is 3.87. The lowest BCUT2D eigenvalue weighted by atomic mass is 10.4. The van der Waals surface area contributed by atoms with Gasteiger partial charge in [0.15, 0.2) is 0 Å². The Morgan fingerprint density at radius 1 is 1.33 bits per heavy atom. The predicted octanol–water partition coefficient (Wildman–Crippen LogP) is 0.0117. The van der Waals surface area contributed by atoms with Gasteiger partial charge in [-0.1, -0.05) is 0 Å². The molecule has 0 spiro atoms. The molecule has 0 aliphatic carbocycles. The predicted molar refractivity (Wildman–Crippen MR) is 50.0 cm³/mol. The van der Waals surface area contributed by atoms with Crippen molar-refractivity contribution >= 4 is 6.03 Å². The summed E-state index contributed by atoms with van der Waals surface area (Å²) in [6, 6.07) is -0.101. The summed E-state index contributed by atoms with van der Waals surface area (Å²) in [6.45, 7) is 1.82. The van der Waals surface area contributed by atoms with Crippen LogP contribution in [0.5, 0.6) is 0 Å². The van der Waals surface area contributed by atoms with Crippen molar-refractivity contribution < 1.29 is 9.28 Å². The van der Waals surface area contributed by atoms with Crippen LogP contribution in [0, 0.1) is 0 Å². The molecule has 4 heteroatoms. The summed E-state index contributed by atoms with van der Waals surface area (Å²) in [7, 11) is 8.04. The first kappa shape index (κ1) is 11.2. The number of carbonyl (C=O) groups is 1. The van der Waals surface area contributed by atoms with Gasteiger partial charge >= 0.3 is 6.03 Å². The third-order valence-corrected chi connectivity index (χ3v) is 1.52. The van der Waals surface area contributed by atoms with Gasteiger partial charge in [0.2, 0.25) is 0 Å². The highest BCUT2D eigenvalue weighted by Gasteiger charge is 2.05. The van der Waals surface area contributed by atoms with Crippen molar-refractivity contribution in [2.24, 2.45) is 0 Å². The van der Waals surface area contributed by atoms with Crippen molar-refractivity contribution in [3.8, 4) is 0 Å². The van der Waals surface area contributed by atoms with E-state index in [0.717, 1.165) is 24.0 Å². The second kappa shape index (κ2) is 4.98. The summed E-state index contributed by atoms with van der Waals surface area (Å²) in [4.78, 5) is 10.7. The normalized spacial score (nSPS) is 11.0. The van der Waals surface area contributed by atoms with E-state index < -0.39 is 0 Å². The highest BCUT2D eigenvalue weighted by molar-refractivity contribution is 5.73. The molecule has 0 aromatic heterocycles. The summed E-state index contributed by atoms with van der Waals surface area (Å²) >= 11 is 0. The van der Waals surface area contributed by atoms with Gasteiger partial charge in [-0.25, -0.2) is 4.79 Å². The molecule has 0 aliphatic rings. The maximum absolute atomic E-state index is 10.7. The SMILES string of the molecule is CNC(=O)NCCC[N+](C)(C)C. The van der Waals surface area contributed by atoms with E-state index in [-0.39, 0.29) is 6.03 Å². The molecule has 0 rings (SSSR count). The van der Waals surface area contributed by atoms with Gasteiger partial charge in [0.1, 0.15) is 0 Å². The molecular weight excluding hydrogens is 154 g/mol. The fourth-order valence-electron chi connectivity index (χ4n) is 0.844. The Morgan fingerprint density at radius 2 is 1.92 bits per heavy atom. The molecule has 0 unspecified atom stereocenters. The number of amides is 2. The van der Waals surface area contributed by atoms with E-state index in [1.165, 1.54) is 0 Å². The van der Waals surface area contributed by atoms with Crippen molar-refractivity contribution in [1.29, 1.82) is 0 Å². The number of nitrogens with one attached hydrogen (secondary N) is 2. The molecule has 0 atom stereocenters. The average Bonchev–Trinajstić information content (AvgIpc) is 1.96. The van der Waals surface area contributed by atoms with E-state index in [9.17, 15) is 4.79 Å². The third kappa shape index (κ3) is 7.34. The minimum atomic E-state index is -0.101. The Bertz CT molecular complexity index is 140. The largest absolute Gasteiger partial charge is 0.341 e. The van der Waals surface area contributed by atoms with E-state index in [1.54, 1.807) is 7.05 Å². The van der Waals surface area contributed by atoms with Gasteiger partial charge in [-0.05, 0) is 0 Å². The molecule has 12 heavy (non-hydrogen) atoms. The van der Waals surface area contributed by atoms with Crippen LogP contribution >= 0.6 is 0 Å². The zero-order valence-electron chi connectivity index (χ0n) is 8.48. The van der Waals surface area contributed by atoms with Gasteiger partial charge in [0, 0.05) is 20.0 Å². The molecule has 0 saturated heterocycles. The van der Waals surface area contributed by atoms with Crippen LogP contribution in [0.15, 0.2) is 0 Å². The number of quaternary nitrogens is 1. The monoisotopic (exact) mass is 174 g/mol. The first-order chi connectivity index (χ1) is 5.45. The first-order valence-corrected chi connectivity index (χ1v) is 4.22. The van der Waals surface area contributed by atoms with E-state index in [2.05, 4.69) is 31.8 Å². The topological polar surface area (TPSA) is 41.1 Å². The number of rotatable bonds is 4. The van der Waals surface area contributed by atoms with Crippen molar-refractivity contribution in [1.82, 2.24) is 10.6 Å². The summed E-state index contributed by atoms with van der Waals surface area (Å²) in [5.74, 6) is 0. The standard InChI is InChI=1S/C8H19N3O/c1-9-8(12)10-6-5-7-11(2,3)4/h5-7H2,1-4H3,(H-,9,10,12)/p+1. The second-order valence-electron chi connectivity index (χ2n) is 3.87. The van der Waals surface area contributed by atoms with Crippen molar-refractivity contribution in [3.63, 3.8) is 0 Å². The quantitative estimate of drug-likeness (QED) is 0.457. The molecule has 0 aromatic rings. The molecule has 0 aromatic carbocycles. The lowest BCUT2D eigenvalue weighted by Gasteiger charge is -2.23. The van der Waals surface area contributed by atoms with Crippen LogP contribution in [0.3, 0.4) is 0 Å². The molecule has 2 N–H and O–H groups in total. The summed E-state index contributed by atoms with van der Waals surface area (Å²) in [5, 5.41) is 5.25. The number of carbonyl (C=O) groups excluding carboxylic acids is 1. The van der Waals surface area contributed by atoms with Gasteiger partial charge in [0.05, 0.1) is 27.7 Å². The Kier molecular flexibility index (Phi) is 4.66. The fourth-order valence-corrected chi connectivity index (χ4v) is 0.844. The lowest BCUT2D eigenvalue weighted by Crippen LogP contribution is -2.39. The first-order valence-electron chi connectivity index (χ1n) is 4.22. The van der Waals surface area contributed by atoms with Crippen molar-refractivity contribution in [2.75, 3.05) is 41.3 Å². The summed E-state index contributed by atoms with van der Waals surface area (Å²) < 4.78 is 0.940. The molecule has 4 nitrogen and oxygen atoms in total. The number of urea groups is 1. The Morgan fingerprint density at radius 3 is 2.33 bits per heavy atom. The maximum Gasteiger partial charge on any atom is 0.314 e. The Hall–Kier alpha value is -0.770. The molecular formula is C8H20N3O+. The number of hydrogen-bond acceptors (Lipinski definition) is 1. The molecule has 72 valence electrons. The van der Waals surface area contributed by atoms with Crippen LogP contribution in [0.2, 0.25) is 0 Å². The van der Waals surface area contributed by atoms with E-state index in [4.69, 9.17) is 0 Å². The van der Waals surface area contributed by atoms with E-state index in [1.807, 2.05) is 0 Å². The molecule has 0 fully saturated rings. The minimum Gasteiger partial charge on any atom is -0.341 e. The minimum absolute atomic E-state index is 0.101. The number of hydrogen-bond donors (Lipinski definition) is 2. The molecule has 0 bridgehead atoms. The van der Waals surface area contributed by atoms with Crippen molar-refractivity contribution in [2.45, 2.75) is 6.42 Å². The zero-order valence-corrected chi connectivity index (χ0v) is 8.48. The average molecular weight is 174 g/mol. The van der Waals surface area contributed by atoms with E-state index in [0.29, 0.717) is 0 Å². The highest BCUT2D eigenvalue weighted by atomic mass is 16.2. The van der Waals surface area contributed by atoms with Crippen LogP contribution in [0.4, 0.5) is 4.79 Å². The van der Waals surface area contributed by atoms with Crippen molar-refractivity contribution in [3.05, 3.63) is 0 Å². The molecule has 0 aliphatic heterocycles. The van der Waals surface area contributed by atoms with Crippen LogP contribution in [-0.2, 0) is 0 Å². The third-order valence-electron chi connectivity index (χ3n) is 1.52. The summed E-state index contributed by atoms with van der Waals surface area (Å²) in [6.07, 6.45) is 1.01. The Labute approximate surface area is 74.5 Å². The highest BCUT2D eigenvalue weighted by Crippen LogP contribution is 1.91. The molecule has 0 radical (unpaired) electrons. The lowest BCUT2D eigenvalue weighted by molar-refractivity contribution is -0.870. The molecule has 2 amide bonds. The molecule has 0 saturated carbocycles. The van der Waals surface area contributed by atoms with Crippen LogP contribution in [0.1, 0.15) is 6.42 Å². The zero-order chi connectivity index (χ0) is 9.61. The number of nitrogens with zero attached hydrogens (tertiary/aromatic N) is 1. The van der Waals surface area contributed by atoms with Gasteiger partial charge in [-0.2, -0.15) is 0 Å². The maximum atomic E-state index is 10.7. The van der Waals surface area contributed by atoms with Gasteiger partial charge in [-0.3, -0.25) is 0 Å². The van der Waals surface area contributed by atoms with Crippen LogP contribution in [-0.4, -0.2) is 51.8 Å². The summed E-state index contributed by atoms with van der Waals surface area (Å²) in [5.41, 5.74) is 0. The van der Waals surface area contributed by atoms with Gasteiger partial charge < -0.3 is 15.1 Å². The fraction of sp³-hybridized carbons (Fsp3) is 0.875. The molecule has 0 heterocycles.